The normalized spacial score (nSPS) is 18.4. The van der Waals surface area contributed by atoms with E-state index in [1.807, 2.05) is 0 Å². The van der Waals surface area contributed by atoms with E-state index in [9.17, 15) is 4.89 Å². The maximum absolute atomic E-state index is 10.1. The maximum atomic E-state index is 10.1. The molecule has 6 nitrogen and oxygen atoms in total. The Kier molecular flexibility index (Phi) is 17.7. The third-order valence-electron chi connectivity index (χ3n) is 4.56. The van der Waals surface area contributed by atoms with E-state index in [0.29, 0.717) is 13.0 Å². The zero-order valence-electron chi connectivity index (χ0n) is 22.1. The number of rotatable bonds is 7. The van der Waals surface area contributed by atoms with Gasteiger partial charge in [-0.05, 0) is 126 Å². The Bertz CT molecular complexity index is 1630. The van der Waals surface area contributed by atoms with E-state index < -0.39 is 18.9 Å². The molecule has 9 heteroatoms. The van der Waals surface area contributed by atoms with Crippen LogP contribution in [-0.2, 0) is 30.3 Å². The fourth-order valence-electron chi connectivity index (χ4n) is 3.11. The topological polar surface area (TPSA) is 69.2 Å². The van der Waals surface area contributed by atoms with Gasteiger partial charge in [-0.3, -0.25) is 0 Å². The minimum Gasteiger partial charge on any atom is -0.384 e. The Morgan fingerprint density at radius 2 is 1.23 bits per heavy atom. The molecule has 1 saturated carbocycles. The summed E-state index contributed by atoms with van der Waals surface area (Å²) in [4.78, 5) is 10.4. The fourth-order valence-corrected chi connectivity index (χ4v) is 4.29. The average Bonchev–Trinajstić information content (AvgIpc) is 3.24. The molecule has 40 heavy (non-hydrogen) atoms. The van der Waals surface area contributed by atoms with Gasteiger partial charge in [0.1, 0.15) is 12.2 Å². The molecule has 0 aromatic rings. The number of ether oxygens (including phenoxy) is 2. The molecule has 0 heterocycles. The van der Waals surface area contributed by atoms with Gasteiger partial charge in [0.05, 0.1) is 12.6 Å². The van der Waals surface area contributed by atoms with Crippen LogP contribution in [-0.4, -0.2) is 56.1 Å². The molecule has 0 radical (unpaired) electrons. The van der Waals surface area contributed by atoms with E-state index in [1.54, 1.807) is 14.0 Å². The molecule has 0 aromatic heterocycles. The first-order chi connectivity index (χ1) is 19.4. The van der Waals surface area contributed by atoms with Crippen molar-refractivity contribution in [1.29, 1.82) is 0 Å². The van der Waals surface area contributed by atoms with Crippen LogP contribution >= 0.6 is 18.9 Å². The smallest absolute Gasteiger partial charge is 0.324 e. The van der Waals surface area contributed by atoms with E-state index in [-0.39, 0.29) is 16.9 Å². The summed E-state index contributed by atoms with van der Waals surface area (Å²) in [6.07, 6.45) is -0.421. The predicted octanol–water partition coefficient (Wildman–Crippen LogP) is 1.26. The van der Waals surface area contributed by atoms with Crippen LogP contribution in [0.15, 0.2) is 0 Å². The number of hydrogen-bond acceptors (Lipinski definition) is 6. The molecule has 198 valence electrons. The summed E-state index contributed by atoms with van der Waals surface area (Å²) in [5.74, 6) is 50.9. The summed E-state index contributed by atoms with van der Waals surface area (Å²) >= 11 is 10.3. The minimum absolute atomic E-state index is 0.105. The van der Waals surface area contributed by atoms with Gasteiger partial charge in [-0.2, -0.15) is 0 Å². The Morgan fingerprint density at radius 1 is 0.775 bits per heavy atom. The van der Waals surface area contributed by atoms with Crippen molar-refractivity contribution < 1.29 is 23.4 Å². The van der Waals surface area contributed by atoms with E-state index in [4.69, 9.17) is 42.5 Å². The lowest BCUT2D eigenvalue weighted by Crippen LogP contribution is -2.44. The van der Waals surface area contributed by atoms with E-state index in [0.717, 1.165) is 0 Å². The molecular formula is C31H22NO5PS2. The van der Waals surface area contributed by atoms with Gasteiger partial charge in [-0.25, -0.2) is 0 Å². The van der Waals surface area contributed by atoms with E-state index in [2.05, 4.69) is 124 Å². The summed E-state index contributed by atoms with van der Waals surface area (Å²) in [6, 6.07) is -0.246. The quantitative estimate of drug-likeness (QED) is 0.264. The first-order valence-corrected chi connectivity index (χ1v) is 14.2. The lowest BCUT2D eigenvalue weighted by atomic mass is 10.1. The zero-order chi connectivity index (χ0) is 29.5. The van der Waals surface area contributed by atoms with Crippen LogP contribution in [0, 0.1) is 124 Å². The summed E-state index contributed by atoms with van der Waals surface area (Å²) in [5, 5.41) is 3.14. The highest BCUT2D eigenvalue weighted by Gasteiger charge is 2.47. The lowest BCUT2D eigenvalue weighted by molar-refractivity contribution is -0.0205. The van der Waals surface area contributed by atoms with Crippen molar-refractivity contribution in [2.45, 2.75) is 31.6 Å². The second kappa shape index (κ2) is 20.8. The highest BCUT2D eigenvalue weighted by atomic mass is 32.5. The highest BCUT2D eigenvalue weighted by molar-refractivity contribution is 8.07. The maximum Gasteiger partial charge on any atom is 0.324 e. The summed E-state index contributed by atoms with van der Waals surface area (Å²) in [7, 11) is 4.41. The average molecular weight is 584 g/mol. The monoisotopic (exact) mass is 583 g/mol. The Labute approximate surface area is 247 Å². The van der Waals surface area contributed by atoms with E-state index >= 15 is 0 Å². The molecule has 0 spiro atoms. The molecule has 1 fully saturated rings. The van der Waals surface area contributed by atoms with Crippen LogP contribution in [0.2, 0.25) is 0 Å². The number of thiocarbonyl (C=S) groups is 1. The molecule has 0 aliphatic heterocycles. The molecule has 2 N–H and O–H groups in total. The first-order valence-electron chi connectivity index (χ1n) is 11.2. The molecule has 0 bridgehead atoms. The Hall–Kier alpha value is -4.06. The molecule has 1 rings (SSSR count). The molecule has 0 aromatic carbocycles. The second-order valence-corrected chi connectivity index (χ2v) is 10.4. The van der Waals surface area contributed by atoms with Crippen LogP contribution in [0.4, 0.5) is 0 Å². The van der Waals surface area contributed by atoms with Crippen LogP contribution in [0.3, 0.4) is 0 Å². The van der Waals surface area contributed by atoms with Gasteiger partial charge in [-0.15, -0.1) is 0 Å². The van der Waals surface area contributed by atoms with Crippen molar-refractivity contribution in [2.75, 3.05) is 27.9 Å². The molecule has 0 saturated heterocycles. The van der Waals surface area contributed by atoms with Gasteiger partial charge in [0.25, 0.3) is 0 Å². The minimum atomic E-state index is -3.40. The standard InChI is InChI=1S/C31H22NO5PS2/c1-5-6-7-8-9-10-11-12-13-14-15-16-17-18-19-20-21-22-23-24-29(39)32-28-25-27(26-34-2)30(31(28)35-3)37-38(33,40)36-4/h27-28,30-31H,25-26H2,1-4H3,(H,32,39)(H,33,40)/t27-,28-,30+,31?,38?/m1/s1. The molecule has 1 aliphatic rings. The largest absolute Gasteiger partial charge is 0.384 e. The predicted molar refractivity (Wildman–Crippen MR) is 162 cm³/mol. The summed E-state index contributed by atoms with van der Waals surface area (Å²) in [6.45, 7) is -1.34. The molecule has 5 atom stereocenters. The highest BCUT2D eigenvalue weighted by Crippen LogP contribution is 2.48. The van der Waals surface area contributed by atoms with Crippen molar-refractivity contribution in [3.05, 3.63) is 0 Å². The molecule has 0 amide bonds. The van der Waals surface area contributed by atoms with Gasteiger partial charge in [0.2, 0.25) is 0 Å². The van der Waals surface area contributed by atoms with Crippen molar-refractivity contribution in [2.24, 2.45) is 5.92 Å². The van der Waals surface area contributed by atoms with Gasteiger partial charge in [-0.1, -0.05) is 18.1 Å². The molecular weight excluding hydrogens is 561 g/mol. The summed E-state index contributed by atoms with van der Waals surface area (Å²) in [5.41, 5.74) is 0. The van der Waals surface area contributed by atoms with Crippen molar-refractivity contribution in [3.63, 3.8) is 0 Å². The number of hydrogen-bond donors (Lipinski definition) is 2. The Morgan fingerprint density at radius 3 is 1.62 bits per heavy atom. The first kappa shape index (κ1) is 34.0. The third kappa shape index (κ3) is 14.8. The Balaban J connectivity index is 2.64. The van der Waals surface area contributed by atoms with Crippen molar-refractivity contribution >= 4 is 35.7 Å². The van der Waals surface area contributed by atoms with Gasteiger partial charge in [0, 0.05) is 39.1 Å². The lowest BCUT2D eigenvalue weighted by Gasteiger charge is -2.28. The van der Waals surface area contributed by atoms with E-state index in [1.165, 1.54) is 14.2 Å². The van der Waals surface area contributed by atoms with Crippen LogP contribution in [0.25, 0.3) is 0 Å². The number of nitrogens with one attached hydrogen (secondary N) is 1. The van der Waals surface area contributed by atoms with Gasteiger partial charge < -0.3 is 28.7 Å². The fraction of sp³-hybridized carbons (Fsp3) is 0.323. The van der Waals surface area contributed by atoms with Gasteiger partial charge >= 0.3 is 6.72 Å². The van der Waals surface area contributed by atoms with Crippen molar-refractivity contribution in [3.8, 4) is 118 Å². The third-order valence-corrected chi connectivity index (χ3v) is 6.46. The van der Waals surface area contributed by atoms with Gasteiger partial charge in [0.15, 0.2) is 4.99 Å². The SMILES string of the molecule is CC#CC#CC#CC#CC#CC#CC#CC#CC#CC#CC(=S)N[C@@H]1C[C@H](COC)[C@H](OP(O)(=S)OC)C1OC. The van der Waals surface area contributed by atoms with Crippen LogP contribution in [0.1, 0.15) is 13.3 Å². The number of methoxy groups -OCH3 is 2. The summed E-state index contributed by atoms with van der Waals surface area (Å²) < 4.78 is 21.5. The van der Waals surface area contributed by atoms with Crippen LogP contribution < -0.4 is 5.32 Å². The molecule has 1 aliphatic carbocycles. The zero-order valence-corrected chi connectivity index (χ0v) is 24.6. The van der Waals surface area contributed by atoms with Crippen molar-refractivity contribution in [1.82, 2.24) is 5.32 Å². The van der Waals surface area contributed by atoms with Crippen LogP contribution in [0.5, 0.6) is 0 Å². The second-order valence-electron chi connectivity index (χ2n) is 7.08. The molecule has 2 unspecified atom stereocenters.